The SMILES string of the molecule is C1=CC[C@]2(CCCc3ccccc32)OC1. The summed E-state index contributed by atoms with van der Waals surface area (Å²) in [6.07, 6.45) is 9.09. The first kappa shape index (κ1) is 9.17. The first-order chi connectivity index (χ1) is 7.41. The highest BCUT2D eigenvalue weighted by Crippen LogP contribution is 2.42. The van der Waals surface area contributed by atoms with Crippen LogP contribution in [-0.4, -0.2) is 6.61 Å². The Balaban J connectivity index is 2.08. The van der Waals surface area contributed by atoms with Crippen molar-refractivity contribution in [3.8, 4) is 0 Å². The average molecular weight is 200 g/mol. The van der Waals surface area contributed by atoms with Gasteiger partial charge < -0.3 is 4.74 Å². The van der Waals surface area contributed by atoms with Gasteiger partial charge in [0.25, 0.3) is 0 Å². The van der Waals surface area contributed by atoms with Crippen LogP contribution in [0.5, 0.6) is 0 Å². The number of rotatable bonds is 0. The molecule has 0 bridgehead atoms. The van der Waals surface area contributed by atoms with Crippen LogP contribution in [0.25, 0.3) is 0 Å². The van der Waals surface area contributed by atoms with E-state index in [1.54, 1.807) is 0 Å². The van der Waals surface area contributed by atoms with Crippen molar-refractivity contribution >= 4 is 0 Å². The van der Waals surface area contributed by atoms with Gasteiger partial charge in [0, 0.05) is 0 Å². The van der Waals surface area contributed by atoms with Crippen LogP contribution in [0.15, 0.2) is 36.4 Å². The number of aryl methyl sites for hydroxylation is 1. The summed E-state index contributed by atoms with van der Waals surface area (Å²) < 4.78 is 6.05. The third-order valence-electron chi connectivity index (χ3n) is 3.61. The van der Waals surface area contributed by atoms with Gasteiger partial charge in [0.2, 0.25) is 0 Å². The van der Waals surface area contributed by atoms with E-state index in [4.69, 9.17) is 4.74 Å². The predicted molar refractivity (Wildman–Crippen MR) is 60.8 cm³/mol. The molecule has 0 N–H and O–H groups in total. The van der Waals surface area contributed by atoms with Crippen LogP contribution in [0.2, 0.25) is 0 Å². The van der Waals surface area contributed by atoms with E-state index in [0.717, 1.165) is 13.0 Å². The molecule has 0 saturated carbocycles. The molecule has 0 fully saturated rings. The van der Waals surface area contributed by atoms with E-state index in [1.807, 2.05) is 0 Å². The van der Waals surface area contributed by atoms with Crippen LogP contribution in [0, 0.1) is 0 Å². The topological polar surface area (TPSA) is 9.23 Å². The van der Waals surface area contributed by atoms with Gasteiger partial charge in [0.05, 0.1) is 12.2 Å². The third kappa shape index (κ3) is 1.42. The monoisotopic (exact) mass is 200 g/mol. The van der Waals surface area contributed by atoms with Gasteiger partial charge in [-0.3, -0.25) is 0 Å². The van der Waals surface area contributed by atoms with Gasteiger partial charge in [-0.15, -0.1) is 0 Å². The lowest BCUT2D eigenvalue weighted by molar-refractivity contribution is -0.0541. The molecule has 2 aliphatic rings. The highest BCUT2D eigenvalue weighted by atomic mass is 16.5. The van der Waals surface area contributed by atoms with Crippen molar-refractivity contribution in [1.29, 1.82) is 0 Å². The molecule has 1 aromatic rings. The number of hydrogen-bond acceptors (Lipinski definition) is 1. The summed E-state index contributed by atoms with van der Waals surface area (Å²) in [5.74, 6) is 0. The Morgan fingerprint density at radius 3 is 2.93 bits per heavy atom. The van der Waals surface area contributed by atoms with Gasteiger partial charge in [-0.1, -0.05) is 36.4 Å². The zero-order valence-corrected chi connectivity index (χ0v) is 8.91. The molecule has 0 saturated heterocycles. The lowest BCUT2D eigenvalue weighted by Crippen LogP contribution is -2.35. The van der Waals surface area contributed by atoms with E-state index in [-0.39, 0.29) is 5.60 Å². The molecule has 0 radical (unpaired) electrons. The Morgan fingerprint density at radius 1 is 1.13 bits per heavy atom. The highest BCUT2D eigenvalue weighted by Gasteiger charge is 2.37. The number of hydrogen-bond donors (Lipinski definition) is 0. The summed E-state index contributed by atoms with van der Waals surface area (Å²) in [7, 11) is 0. The van der Waals surface area contributed by atoms with Crippen LogP contribution in [0.4, 0.5) is 0 Å². The largest absolute Gasteiger partial charge is 0.366 e. The Bertz CT molecular complexity index is 394. The van der Waals surface area contributed by atoms with Crippen molar-refractivity contribution in [2.24, 2.45) is 0 Å². The molecule has 0 amide bonds. The molecule has 1 nitrogen and oxygen atoms in total. The Labute approximate surface area is 90.8 Å². The van der Waals surface area contributed by atoms with Crippen LogP contribution >= 0.6 is 0 Å². The van der Waals surface area contributed by atoms with E-state index in [9.17, 15) is 0 Å². The van der Waals surface area contributed by atoms with Crippen LogP contribution in [0.1, 0.15) is 30.4 Å². The van der Waals surface area contributed by atoms with Crippen molar-refractivity contribution < 1.29 is 4.74 Å². The van der Waals surface area contributed by atoms with E-state index in [2.05, 4.69) is 36.4 Å². The van der Waals surface area contributed by atoms with Crippen molar-refractivity contribution in [3.05, 3.63) is 47.5 Å². The lowest BCUT2D eigenvalue weighted by Gasteiger charge is -2.40. The maximum atomic E-state index is 6.05. The van der Waals surface area contributed by atoms with Gasteiger partial charge in [-0.25, -0.2) is 0 Å². The average Bonchev–Trinajstić information content (AvgIpc) is 2.31. The summed E-state index contributed by atoms with van der Waals surface area (Å²) >= 11 is 0. The zero-order valence-electron chi connectivity index (χ0n) is 8.91. The predicted octanol–water partition coefficient (Wildman–Crippen LogP) is 3.19. The second-order valence-electron chi connectivity index (χ2n) is 4.49. The van der Waals surface area contributed by atoms with E-state index >= 15 is 0 Å². The van der Waals surface area contributed by atoms with Gasteiger partial charge in [-0.05, 0) is 36.8 Å². The van der Waals surface area contributed by atoms with E-state index in [1.165, 1.54) is 30.4 Å². The van der Waals surface area contributed by atoms with Crippen molar-refractivity contribution in [2.45, 2.75) is 31.3 Å². The molecule has 1 atom stereocenters. The van der Waals surface area contributed by atoms with Crippen molar-refractivity contribution in [1.82, 2.24) is 0 Å². The fourth-order valence-corrected chi connectivity index (χ4v) is 2.85. The minimum Gasteiger partial charge on any atom is -0.366 e. The smallest absolute Gasteiger partial charge is 0.0972 e. The Morgan fingerprint density at radius 2 is 2.07 bits per heavy atom. The maximum absolute atomic E-state index is 6.05. The lowest BCUT2D eigenvalue weighted by atomic mass is 9.76. The first-order valence-corrected chi connectivity index (χ1v) is 5.78. The quantitative estimate of drug-likeness (QED) is 0.584. The highest BCUT2D eigenvalue weighted by molar-refractivity contribution is 5.36. The molecule has 1 heterocycles. The molecular formula is C14H16O. The fourth-order valence-electron chi connectivity index (χ4n) is 2.85. The second kappa shape index (κ2) is 3.49. The van der Waals surface area contributed by atoms with Gasteiger partial charge >= 0.3 is 0 Å². The molecule has 1 heteroatoms. The number of fused-ring (bicyclic) bond motifs is 2. The van der Waals surface area contributed by atoms with Gasteiger partial charge in [-0.2, -0.15) is 0 Å². The summed E-state index contributed by atoms with van der Waals surface area (Å²) in [4.78, 5) is 0. The Kier molecular flexibility index (Phi) is 2.14. The molecular weight excluding hydrogens is 184 g/mol. The summed E-state index contributed by atoms with van der Waals surface area (Å²) in [5.41, 5.74) is 2.92. The molecule has 1 aliphatic heterocycles. The van der Waals surface area contributed by atoms with E-state index in [0.29, 0.717) is 0 Å². The Hall–Kier alpha value is -1.08. The molecule has 0 unspecified atom stereocenters. The number of ether oxygens (including phenoxy) is 1. The third-order valence-corrected chi connectivity index (χ3v) is 3.61. The molecule has 1 aromatic carbocycles. The molecule has 78 valence electrons. The zero-order chi connectivity index (χ0) is 10.1. The minimum atomic E-state index is 0.00356. The van der Waals surface area contributed by atoms with Crippen LogP contribution in [0.3, 0.4) is 0 Å². The standard InChI is InChI=1S/C14H16O/c1-2-8-13-12(6-1)7-5-10-14(13)9-3-4-11-15-14/h1-4,6,8H,5,7,9-11H2/t14-/m1/s1. The first-order valence-electron chi connectivity index (χ1n) is 5.78. The van der Waals surface area contributed by atoms with E-state index < -0.39 is 0 Å². The molecule has 1 aliphatic carbocycles. The van der Waals surface area contributed by atoms with Crippen molar-refractivity contribution in [3.63, 3.8) is 0 Å². The van der Waals surface area contributed by atoms with Gasteiger partial charge in [0.1, 0.15) is 0 Å². The minimum absolute atomic E-state index is 0.00356. The molecule has 0 aromatic heterocycles. The second-order valence-corrected chi connectivity index (χ2v) is 4.49. The summed E-state index contributed by atoms with van der Waals surface area (Å²) in [6, 6.07) is 8.76. The molecule has 15 heavy (non-hydrogen) atoms. The summed E-state index contributed by atoms with van der Waals surface area (Å²) in [5, 5.41) is 0. The fraction of sp³-hybridized carbons (Fsp3) is 0.429. The molecule has 3 rings (SSSR count). The summed E-state index contributed by atoms with van der Waals surface area (Å²) in [6.45, 7) is 0.772. The van der Waals surface area contributed by atoms with Crippen molar-refractivity contribution in [2.75, 3.05) is 6.61 Å². The normalized spacial score (nSPS) is 29.1. The van der Waals surface area contributed by atoms with Crippen LogP contribution < -0.4 is 0 Å². The van der Waals surface area contributed by atoms with Crippen LogP contribution in [-0.2, 0) is 16.8 Å². The van der Waals surface area contributed by atoms with Gasteiger partial charge in [0.15, 0.2) is 0 Å². The molecule has 1 spiro atoms. The maximum Gasteiger partial charge on any atom is 0.0972 e. The number of benzene rings is 1.